The van der Waals surface area contributed by atoms with Gasteiger partial charge in [0.15, 0.2) is 0 Å². The van der Waals surface area contributed by atoms with E-state index < -0.39 is 0 Å². The summed E-state index contributed by atoms with van der Waals surface area (Å²) in [4.78, 5) is 0. The highest BCUT2D eigenvalue weighted by atomic mass is 35.5. The minimum Gasteiger partial charge on any atom is -0.393 e. The van der Waals surface area contributed by atoms with E-state index in [1.807, 2.05) is 0 Å². The van der Waals surface area contributed by atoms with Crippen molar-refractivity contribution in [1.29, 1.82) is 0 Å². The molecule has 0 spiro atoms. The van der Waals surface area contributed by atoms with E-state index in [0.29, 0.717) is 0 Å². The van der Waals surface area contributed by atoms with Gasteiger partial charge in [0.25, 0.3) is 0 Å². The third-order valence-electron chi connectivity index (χ3n) is 2.42. The molecule has 0 aromatic carbocycles. The predicted octanol–water partition coefficient (Wildman–Crippen LogP) is 2.33. The van der Waals surface area contributed by atoms with Crippen molar-refractivity contribution in [3.05, 3.63) is 12.7 Å². The maximum atomic E-state index is 9.54. The average Bonchev–Trinajstić information content (AvgIpc) is 2.04. The number of hydrogen-bond donors (Lipinski definition) is 1. The third kappa shape index (κ3) is 2.21. The topological polar surface area (TPSA) is 20.2 Å². The molecule has 1 fully saturated rings. The van der Waals surface area contributed by atoms with Crippen molar-refractivity contribution in [2.45, 2.75) is 37.2 Å². The SMILES string of the molecule is C=CC(Cl)C1CCCCC1O. The summed E-state index contributed by atoms with van der Waals surface area (Å²) >= 11 is 5.96. The number of aliphatic hydroxyl groups excluding tert-OH is 1. The first-order valence-corrected chi connectivity index (χ1v) is 4.64. The zero-order valence-corrected chi connectivity index (χ0v) is 7.43. The Bertz CT molecular complexity index is 136. The standard InChI is InChI=1S/C9H15ClO/c1-2-8(10)7-5-3-4-6-9(7)11/h2,7-9,11H,1,3-6H2. The lowest BCUT2D eigenvalue weighted by Gasteiger charge is -2.29. The van der Waals surface area contributed by atoms with Gasteiger partial charge in [-0.3, -0.25) is 0 Å². The molecule has 2 heteroatoms. The molecule has 64 valence electrons. The van der Waals surface area contributed by atoms with Crippen LogP contribution in [0.4, 0.5) is 0 Å². The molecule has 11 heavy (non-hydrogen) atoms. The third-order valence-corrected chi connectivity index (χ3v) is 2.92. The van der Waals surface area contributed by atoms with Gasteiger partial charge in [0.1, 0.15) is 0 Å². The number of allylic oxidation sites excluding steroid dienone is 1. The van der Waals surface area contributed by atoms with Gasteiger partial charge in [-0.15, -0.1) is 18.2 Å². The predicted molar refractivity (Wildman–Crippen MR) is 47.8 cm³/mol. The summed E-state index contributed by atoms with van der Waals surface area (Å²) in [5, 5.41) is 9.49. The lowest BCUT2D eigenvalue weighted by Crippen LogP contribution is -2.30. The molecule has 0 bridgehead atoms. The Balaban J connectivity index is 2.46. The molecule has 0 aromatic heterocycles. The zero-order valence-electron chi connectivity index (χ0n) is 6.67. The Hall–Kier alpha value is -0.0100. The molecule has 0 heterocycles. The lowest BCUT2D eigenvalue weighted by molar-refractivity contribution is 0.0731. The highest BCUT2D eigenvalue weighted by molar-refractivity contribution is 6.22. The van der Waals surface area contributed by atoms with E-state index in [-0.39, 0.29) is 17.4 Å². The van der Waals surface area contributed by atoms with E-state index in [0.717, 1.165) is 19.3 Å². The summed E-state index contributed by atoms with van der Waals surface area (Å²) in [7, 11) is 0. The van der Waals surface area contributed by atoms with E-state index in [2.05, 4.69) is 6.58 Å². The minimum atomic E-state index is -0.204. The van der Waals surface area contributed by atoms with Crippen LogP contribution in [0.15, 0.2) is 12.7 Å². The summed E-state index contributed by atoms with van der Waals surface area (Å²) < 4.78 is 0. The summed E-state index contributed by atoms with van der Waals surface area (Å²) in [6.45, 7) is 3.63. The van der Waals surface area contributed by atoms with Gasteiger partial charge in [0.05, 0.1) is 11.5 Å². The minimum absolute atomic E-state index is 0.0506. The van der Waals surface area contributed by atoms with Crippen molar-refractivity contribution in [3.8, 4) is 0 Å². The van der Waals surface area contributed by atoms with Gasteiger partial charge >= 0.3 is 0 Å². The van der Waals surface area contributed by atoms with Gasteiger partial charge in [0, 0.05) is 5.92 Å². The maximum absolute atomic E-state index is 9.54. The first kappa shape index (κ1) is 9.08. The number of hydrogen-bond acceptors (Lipinski definition) is 1. The maximum Gasteiger partial charge on any atom is 0.0585 e. The Morgan fingerprint density at radius 2 is 2.09 bits per heavy atom. The molecule has 0 radical (unpaired) electrons. The highest BCUT2D eigenvalue weighted by Gasteiger charge is 2.27. The van der Waals surface area contributed by atoms with Crippen LogP contribution in [0.1, 0.15) is 25.7 Å². The Kier molecular flexibility index (Phi) is 3.41. The normalized spacial score (nSPS) is 34.7. The molecular weight excluding hydrogens is 160 g/mol. The zero-order chi connectivity index (χ0) is 8.27. The summed E-state index contributed by atoms with van der Waals surface area (Å²) in [6.07, 6.45) is 5.80. The number of alkyl halides is 1. The second kappa shape index (κ2) is 4.13. The van der Waals surface area contributed by atoms with E-state index >= 15 is 0 Å². The number of halogens is 1. The molecule has 3 atom stereocenters. The van der Waals surface area contributed by atoms with Gasteiger partial charge in [-0.1, -0.05) is 18.9 Å². The molecule has 1 nitrogen and oxygen atoms in total. The van der Waals surface area contributed by atoms with Crippen LogP contribution in [0.25, 0.3) is 0 Å². The van der Waals surface area contributed by atoms with Crippen molar-refractivity contribution >= 4 is 11.6 Å². The fraction of sp³-hybridized carbons (Fsp3) is 0.778. The molecule has 3 unspecified atom stereocenters. The van der Waals surface area contributed by atoms with Crippen molar-refractivity contribution in [2.24, 2.45) is 5.92 Å². The van der Waals surface area contributed by atoms with Crippen LogP contribution in [0.3, 0.4) is 0 Å². The molecule has 1 rings (SSSR count). The van der Waals surface area contributed by atoms with E-state index in [1.54, 1.807) is 6.08 Å². The van der Waals surface area contributed by atoms with E-state index in [1.165, 1.54) is 6.42 Å². The van der Waals surface area contributed by atoms with Crippen LogP contribution in [0.2, 0.25) is 0 Å². The van der Waals surface area contributed by atoms with Gasteiger partial charge in [-0.25, -0.2) is 0 Å². The van der Waals surface area contributed by atoms with Gasteiger partial charge in [-0.05, 0) is 12.8 Å². The van der Waals surface area contributed by atoms with Crippen LogP contribution in [0.5, 0.6) is 0 Å². The van der Waals surface area contributed by atoms with Gasteiger partial charge in [-0.2, -0.15) is 0 Å². The molecular formula is C9H15ClO. The second-order valence-electron chi connectivity index (χ2n) is 3.20. The Morgan fingerprint density at radius 3 is 2.64 bits per heavy atom. The van der Waals surface area contributed by atoms with Crippen molar-refractivity contribution in [2.75, 3.05) is 0 Å². The van der Waals surface area contributed by atoms with E-state index in [9.17, 15) is 5.11 Å². The smallest absolute Gasteiger partial charge is 0.0585 e. The van der Waals surface area contributed by atoms with Crippen LogP contribution < -0.4 is 0 Å². The fourth-order valence-corrected chi connectivity index (χ4v) is 1.98. The molecule has 1 aliphatic carbocycles. The Labute approximate surface area is 73.1 Å². The van der Waals surface area contributed by atoms with Crippen LogP contribution in [0, 0.1) is 5.92 Å². The largest absolute Gasteiger partial charge is 0.393 e. The monoisotopic (exact) mass is 174 g/mol. The molecule has 0 saturated heterocycles. The van der Waals surface area contributed by atoms with Crippen molar-refractivity contribution in [1.82, 2.24) is 0 Å². The molecule has 0 aliphatic heterocycles. The number of aliphatic hydroxyl groups is 1. The van der Waals surface area contributed by atoms with Crippen LogP contribution in [-0.4, -0.2) is 16.6 Å². The lowest BCUT2D eigenvalue weighted by atomic mass is 9.84. The first-order valence-electron chi connectivity index (χ1n) is 4.20. The van der Waals surface area contributed by atoms with Crippen LogP contribution >= 0.6 is 11.6 Å². The molecule has 0 amide bonds. The summed E-state index contributed by atoms with van der Waals surface area (Å²) in [5.74, 6) is 0.239. The van der Waals surface area contributed by atoms with Crippen molar-refractivity contribution < 1.29 is 5.11 Å². The fourth-order valence-electron chi connectivity index (χ4n) is 1.69. The quantitative estimate of drug-likeness (QED) is 0.503. The van der Waals surface area contributed by atoms with Gasteiger partial charge in [0.2, 0.25) is 0 Å². The first-order chi connectivity index (χ1) is 5.25. The summed E-state index contributed by atoms with van der Waals surface area (Å²) in [6, 6.07) is 0. The highest BCUT2D eigenvalue weighted by Crippen LogP contribution is 2.29. The van der Waals surface area contributed by atoms with Gasteiger partial charge < -0.3 is 5.11 Å². The second-order valence-corrected chi connectivity index (χ2v) is 3.70. The average molecular weight is 175 g/mol. The summed E-state index contributed by atoms with van der Waals surface area (Å²) in [5.41, 5.74) is 0. The van der Waals surface area contributed by atoms with E-state index in [4.69, 9.17) is 11.6 Å². The molecule has 1 N–H and O–H groups in total. The molecule has 1 saturated carbocycles. The Morgan fingerprint density at radius 1 is 1.45 bits per heavy atom. The number of rotatable bonds is 2. The molecule has 0 aromatic rings. The van der Waals surface area contributed by atoms with Crippen LogP contribution in [-0.2, 0) is 0 Å². The van der Waals surface area contributed by atoms with Crippen molar-refractivity contribution in [3.63, 3.8) is 0 Å². The molecule has 1 aliphatic rings.